The first-order valence-electron chi connectivity index (χ1n) is 6.22. The Morgan fingerprint density at radius 1 is 1.48 bits per heavy atom. The van der Waals surface area contributed by atoms with Gasteiger partial charge < -0.3 is 4.90 Å². The second-order valence-electron chi connectivity index (χ2n) is 4.79. The van der Waals surface area contributed by atoms with Crippen LogP contribution >= 0.6 is 11.3 Å². The van der Waals surface area contributed by atoms with Crippen LogP contribution in [-0.4, -0.2) is 52.6 Å². The van der Waals surface area contributed by atoms with Crippen molar-refractivity contribution < 1.29 is 22.6 Å². The number of carbonyl (C=O) groups is 2. The molecule has 7 nitrogen and oxygen atoms in total. The SMILES string of the molecule is O=C(C=Cc1cccs1)N1CC[C@@H]2[C@H]1C(=O)N2S(=O)(=O)O. The van der Waals surface area contributed by atoms with E-state index in [0.717, 1.165) is 4.88 Å². The van der Waals surface area contributed by atoms with Crippen molar-refractivity contribution in [2.75, 3.05) is 6.54 Å². The Hall–Kier alpha value is -1.71. The van der Waals surface area contributed by atoms with Crippen LogP contribution in [0.2, 0.25) is 0 Å². The minimum atomic E-state index is -4.54. The van der Waals surface area contributed by atoms with E-state index < -0.39 is 28.3 Å². The maximum atomic E-state index is 12.1. The van der Waals surface area contributed by atoms with Crippen molar-refractivity contribution in [2.45, 2.75) is 18.5 Å². The number of amides is 2. The molecule has 112 valence electrons. The predicted octanol–water partition coefficient (Wildman–Crippen LogP) is 0.376. The topological polar surface area (TPSA) is 95.0 Å². The van der Waals surface area contributed by atoms with E-state index in [-0.39, 0.29) is 5.91 Å². The number of β-lactam (4-membered cyclic amide) rings is 1. The monoisotopic (exact) mass is 328 g/mol. The van der Waals surface area contributed by atoms with E-state index in [1.54, 1.807) is 6.08 Å². The van der Waals surface area contributed by atoms with Crippen LogP contribution in [0.15, 0.2) is 23.6 Å². The first-order chi connectivity index (χ1) is 9.89. The van der Waals surface area contributed by atoms with Gasteiger partial charge in [-0.3, -0.25) is 14.1 Å². The molecule has 2 saturated heterocycles. The van der Waals surface area contributed by atoms with Crippen molar-refractivity contribution in [3.63, 3.8) is 0 Å². The smallest absolute Gasteiger partial charge is 0.325 e. The van der Waals surface area contributed by atoms with Gasteiger partial charge in [0.05, 0.1) is 6.04 Å². The van der Waals surface area contributed by atoms with Crippen LogP contribution in [0.3, 0.4) is 0 Å². The summed E-state index contributed by atoms with van der Waals surface area (Å²) in [7, 11) is -4.54. The van der Waals surface area contributed by atoms with Crippen LogP contribution in [0.4, 0.5) is 0 Å². The third kappa shape index (κ3) is 2.37. The number of likely N-dealkylation sites (tertiary alicyclic amines) is 1. The molecule has 2 aliphatic rings. The van der Waals surface area contributed by atoms with Crippen LogP contribution in [0, 0.1) is 0 Å². The van der Waals surface area contributed by atoms with Crippen LogP contribution in [0.1, 0.15) is 11.3 Å². The second kappa shape index (κ2) is 4.93. The lowest BCUT2D eigenvalue weighted by Crippen LogP contribution is -2.68. The van der Waals surface area contributed by atoms with Gasteiger partial charge in [0.1, 0.15) is 6.04 Å². The molecule has 0 aliphatic carbocycles. The standard InChI is InChI=1S/C12H12N2O5S2/c15-10(4-3-8-2-1-7-20-8)13-6-5-9-11(13)12(16)14(9)21(17,18)19/h1-4,7,9,11H,5-6H2,(H,17,18,19)/t9-,11+/m1/s1. The van der Waals surface area contributed by atoms with Gasteiger partial charge in [0.25, 0.3) is 5.91 Å². The zero-order valence-corrected chi connectivity index (χ0v) is 12.4. The maximum Gasteiger partial charge on any atom is 0.362 e. The maximum absolute atomic E-state index is 12.1. The summed E-state index contributed by atoms with van der Waals surface area (Å²) in [5.74, 6) is -1.09. The van der Waals surface area contributed by atoms with E-state index in [9.17, 15) is 18.0 Å². The third-order valence-corrected chi connectivity index (χ3v) is 5.39. The Kier molecular flexibility index (Phi) is 3.34. The molecule has 9 heteroatoms. The van der Waals surface area contributed by atoms with E-state index in [0.29, 0.717) is 17.3 Å². The first-order valence-corrected chi connectivity index (χ1v) is 8.50. The summed E-state index contributed by atoms with van der Waals surface area (Å²) >= 11 is 1.48. The molecule has 0 spiro atoms. The number of rotatable bonds is 3. The van der Waals surface area contributed by atoms with Gasteiger partial charge >= 0.3 is 10.3 Å². The van der Waals surface area contributed by atoms with E-state index in [2.05, 4.69) is 0 Å². The molecular weight excluding hydrogens is 316 g/mol. The molecule has 3 heterocycles. The number of fused-ring (bicyclic) bond motifs is 1. The van der Waals surface area contributed by atoms with Crippen molar-refractivity contribution in [3.05, 3.63) is 28.5 Å². The fraction of sp³-hybridized carbons (Fsp3) is 0.333. The molecule has 2 atom stereocenters. The van der Waals surface area contributed by atoms with Crippen molar-refractivity contribution in [2.24, 2.45) is 0 Å². The zero-order chi connectivity index (χ0) is 15.2. The fourth-order valence-electron chi connectivity index (χ4n) is 2.70. The van der Waals surface area contributed by atoms with Gasteiger partial charge in [-0.05, 0) is 23.9 Å². The highest BCUT2D eigenvalue weighted by Gasteiger charge is 2.59. The van der Waals surface area contributed by atoms with Crippen LogP contribution < -0.4 is 0 Å². The van der Waals surface area contributed by atoms with Gasteiger partial charge in [-0.1, -0.05) is 6.07 Å². The molecule has 2 amide bonds. The van der Waals surface area contributed by atoms with Crippen molar-refractivity contribution >= 4 is 39.5 Å². The summed E-state index contributed by atoms with van der Waals surface area (Å²) in [5.41, 5.74) is 0. The molecule has 2 aliphatic heterocycles. The Morgan fingerprint density at radius 3 is 2.86 bits per heavy atom. The molecule has 2 fully saturated rings. The van der Waals surface area contributed by atoms with Crippen LogP contribution in [0.25, 0.3) is 6.08 Å². The molecule has 0 radical (unpaired) electrons. The van der Waals surface area contributed by atoms with Gasteiger partial charge in [0.15, 0.2) is 0 Å². The molecular formula is C12H12N2O5S2. The zero-order valence-electron chi connectivity index (χ0n) is 10.7. The van der Waals surface area contributed by atoms with Crippen molar-refractivity contribution in [1.82, 2.24) is 9.21 Å². The van der Waals surface area contributed by atoms with E-state index in [4.69, 9.17) is 4.55 Å². The molecule has 1 aromatic rings. The lowest BCUT2D eigenvalue weighted by Gasteiger charge is -2.42. The number of thiophene rings is 1. The number of hydrogen-bond acceptors (Lipinski definition) is 5. The summed E-state index contributed by atoms with van der Waals surface area (Å²) in [4.78, 5) is 26.2. The largest absolute Gasteiger partial charge is 0.362 e. The van der Waals surface area contributed by atoms with Crippen LogP contribution in [-0.2, 0) is 19.9 Å². The minimum absolute atomic E-state index is 0.292. The lowest BCUT2D eigenvalue weighted by molar-refractivity contribution is -0.149. The average Bonchev–Trinajstić information content (AvgIpc) is 3.00. The van der Waals surface area contributed by atoms with Gasteiger partial charge in [-0.2, -0.15) is 8.42 Å². The van der Waals surface area contributed by atoms with Gasteiger partial charge in [0.2, 0.25) is 5.91 Å². The van der Waals surface area contributed by atoms with E-state index >= 15 is 0 Å². The van der Waals surface area contributed by atoms with E-state index in [1.807, 2.05) is 17.5 Å². The summed E-state index contributed by atoms with van der Waals surface area (Å²) in [6.45, 7) is 0.292. The van der Waals surface area contributed by atoms with Crippen molar-refractivity contribution in [1.29, 1.82) is 0 Å². The Balaban J connectivity index is 1.72. The number of nitrogens with zero attached hydrogens (tertiary/aromatic N) is 2. The molecule has 1 aromatic heterocycles. The average molecular weight is 328 g/mol. The normalized spacial score (nSPS) is 25.3. The number of hydrogen-bond donors (Lipinski definition) is 1. The third-order valence-electron chi connectivity index (χ3n) is 3.60. The molecule has 0 saturated carbocycles. The first kappa shape index (κ1) is 14.2. The lowest BCUT2D eigenvalue weighted by atomic mass is 10.0. The molecule has 0 bridgehead atoms. The van der Waals surface area contributed by atoms with Crippen LogP contribution in [0.5, 0.6) is 0 Å². The van der Waals surface area contributed by atoms with Gasteiger partial charge in [0, 0.05) is 17.5 Å². The number of carbonyl (C=O) groups excluding carboxylic acids is 2. The molecule has 0 unspecified atom stereocenters. The summed E-state index contributed by atoms with van der Waals surface area (Å²) < 4.78 is 31.6. The van der Waals surface area contributed by atoms with Gasteiger partial charge in [-0.15, -0.1) is 11.3 Å². The van der Waals surface area contributed by atoms with Crippen molar-refractivity contribution in [3.8, 4) is 0 Å². The summed E-state index contributed by atoms with van der Waals surface area (Å²) in [5, 5.41) is 1.88. The molecule has 1 N–H and O–H groups in total. The second-order valence-corrected chi connectivity index (χ2v) is 7.06. The fourth-order valence-corrected chi connectivity index (χ4v) is 4.21. The van der Waals surface area contributed by atoms with Gasteiger partial charge in [-0.25, -0.2) is 4.31 Å². The highest BCUT2D eigenvalue weighted by molar-refractivity contribution is 7.84. The molecule has 21 heavy (non-hydrogen) atoms. The summed E-state index contributed by atoms with van der Waals surface area (Å²) in [6.07, 6.45) is 3.37. The highest BCUT2D eigenvalue weighted by atomic mass is 32.2. The summed E-state index contributed by atoms with van der Waals surface area (Å²) in [6, 6.07) is 2.29. The highest BCUT2D eigenvalue weighted by Crippen LogP contribution is 2.35. The van der Waals surface area contributed by atoms with E-state index in [1.165, 1.54) is 22.3 Å². The Labute approximate surface area is 125 Å². The molecule has 0 aromatic carbocycles. The minimum Gasteiger partial charge on any atom is -0.325 e. The Morgan fingerprint density at radius 2 is 2.24 bits per heavy atom. The molecule has 3 rings (SSSR count). The quantitative estimate of drug-likeness (QED) is 0.491. The predicted molar refractivity (Wildman–Crippen MR) is 75.7 cm³/mol. The Bertz CT molecular complexity index is 710.